The van der Waals surface area contributed by atoms with Gasteiger partial charge in [-0.2, -0.15) is 0 Å². The maximum Gasteiger partial charge on any atom is 0.303 e. The van der Waals surface area contributed by atoms with E-state index in [1.807, 2.05) is 20.8 Å². The highest BCUT2D eigenvalue weighted by Gasteiger charge is 2.28. The highest BCUT2D eigenvalue weighted by molar-refractivity contribution is 5.88. The second kappa shape index (κ2) is 13.7. The third kappa shape index (κ3) is 9.46. The summed E-state index contributed by atoms with van der Waals surface area (Å²) in [6.07, 6.45) is 5.18. The van der Waals surface area contributed by atoms with Gasteiger partial charge in [-0.1, -0.05) is 40.5 Å². The molecule has 0 fully saturated rings. The Balaban J connectivity index is 5.08. The van der Waals surface area contributed by atoms with Crippen LogP contribution < -0.4 is 5.32 Å². The van der Waals surface area contributed by atoms with E-state index in [-0.39, 0.29) is 30.6 Å². The zero-order chi connectivity index (χ0) is 19.2. The van der Waals surface area contributed by atoms with Crippen molar-refractivity contribution in [1.82, 2.24) is 10.2 Å². The summed E-state index contributed by atoms with van der Waals surface area (Å²) in [4.78, 5) is 38.0. The molecule has 0 radical (unpaired) electrons. The zero-order valence-corrected chi connectivity index (χ0v) is 16.3. The summed E-state index contributed by atoms with van der Waals surface area (Å²) >= 11 is 0. The predicted molar refractivity (Wildman–Crippen MR) is 99.3 cm³/mol. The number of nitrogens with zero attached hydrogens (tertiary/aromatic N) is 1. The summed E-state index contributed by atoms with van der Waals surface area (Å²) in [6.45, 7) is 9.29. The maximum atomic E-state index is 12.8. The van der Waals surface area contributed by atoms with E-state index in [0.29, 0.717) is 13.1 Å². The smallest absolute Gasteiger partial charge is 0.303 e. The van der Waals surface area contributed by atoms with Gasteiger partial charge in [0, 0.05) is 25.4 Å². The minimum absolute atomic E-state index is 0.120. The summed E-state index contributed by atoms with van der Waals surface area (Å²) in [5.41, 5.74) is 0. The molecule has 6 nitrogen and oxygen atoms in total. The number of nitrogens with one attached hydrogen (secondary N) is 1. The van der Waals surface area contributed by atoms with Crippen molar-refractivity contribution < 1.29 is 19.5 Å². The van der Waals surface area contributed by atoms with Crippen molar-refractivity contribution in [2.75, 3.05) is 13.1 Å². The molecule has 0 heterocycles. The van der Waals surface area contributed by atoms with Crippen molar-refractivity contribution in [3.63, 3.8) is 0 Å². The normalized spacial score (nSPS) is 13.1. The van der Waals surface area contributed by atoms with Crippen LogP contribution in [0.5, 0.6) is 0 Å². The molecule has 0 aliphatic carbocycles. The molecular weight excluding hydrogens is 320 g/mol. The lowest BCUT2D eigenvalue weighted by molar-refractivity contribution is -0.140. The first-order valence-electron chi connectivity index (χ1n) is 9.71. The first kappa shape index (κ1) is 23.4. The van der Waals surface area contributed by atoms with Crippen LogP contribution in [-0.4, -0.2) is 46.9 Å². The van der Waals surface area contributed by atoms with E-state index in [9.17, 15) is 14.4 Å². The third-order valence-electron chi connectivity index (χ3n) is 4.33. The van der Waals surface area contributed by atoms with E-state index in [4.69, 9.17) is 5.11 Å². The van der Waals surface area contributed by atoms with Gasteiger partial charge in [-0.05, 0) is 32.1 Å². The molecule has 0 saturated heterocycles. The molecule has 0 aliphatic heterocycles. The number of aliphatic carboxylic acids is 1. The van der Waals surface area contributed by atoms with Gasteiger partial charge in [0.2, 0.25) is 11.8 Å². The molecule has 0 saturated carbocycles. The molecule has 1 unspecified atom stereocenters. The largest absolute Gasteiger partial charge is 0.481 e. The number of amides is 2. The average molecular weight is 357 g/mol. The van der Waals surface area contributed by atoms with Crippen molar-refractivity contribution in [3.8, 4) is 0 Å². The summed E-state index contributed by atoms with van der Waals surface area (Å²) in [7, 11) is 0. The average Bonchev–Trinajstić information content (AvgIpc) is 2.58. The van der Waals surface area contributed by atoms with Crippen molar-refractivity contribution in [1.29, 1.82) is 0 Å². The number of carbonyl (C=O) groups excluding carboxylic acids is 2. The second-order valence-electron chi connectivity index (χ2n) is 6.57. The van der Waals surface area contributed by atoms with E-state index >= 15 is 0 Å². The lowest BCUT2D eigenvalue weighted by atomic mass is 9.97. The van der Waals surface area contributed by atoms with E-state index < -0.39 is 12.0 Å². The van der Waals surface area contributed by atoms with Crippen molar-refractivity contribution in [3.05, 3.63) is 0 Å². The Bertz CT molecular complexity index is 406. The van der Waals surface area contributed by atoms with E-state index in [2.05, 4.69) is 12.2 Å². The van der Waals surface area contributed by atoms with E-state index in [0.717, 1.165) is 38.5 Å². The number of rotatable bonds is 14. The quantitative estimate of drug-likeness (QED) is 0.500. The molecule has 2 N–H and O–H groups in total. The monoisotopic (exact) mass is 356 g/mol. The summed E-state index contributed by atoms with van der Waals surface area (Å²) < 4.78 is 0. The van der Waals surface area contributed by atoms with E-state index in [1.165, 1.54) is 0 Å². The Labute approximate surface area is 152 Å². The molecule has 0 spiro atoms. The molecular formula is C19H36N2O4. The Morgan fingerprint density at radius 3 is 2.00 bits per heavy atom. The minimum atomic E-state index is -0.956. The Morgan fingerprint density at radius 2 is 1.56 bits per heavy atom. The highest BCUT2D eigenvalue weighted by Crippen LogP contribution is 2.14. The van der Waals surface area contributed by atoms with Crippen LogP contribution in [0.3, 0.4) is 0 Å². The first-order chi connectivity index (χ1) is 11.9. The van der Waals surface area contributed by atoms with Gasteiger partial charge < -0.3 is 15.3 Å². The van der Waals surface area contributed by atoms with Crippen LogP contribution in [0.4, 0.5) is 0 Å². The lowest BCUT2D eigenvalue weighted by Crippen LogP contribution is -2.50. The fourth-order valence-corrected chi connectivity index (χ4v) is 2.88. The van der Waals surface area contributed by atoms with Gasteiger partial charge in [-0.25, -0.2) is 0 Å². The lowest BCUT2D eigenvalue weighted by Gasteiger charge is -2.28. The van der Waals surface area contributed by atoms with Gasteiger partial charge in [-0.3, -0.25) is 14.4 Å². The van der Waals surface area contributed by atoms with Gasteiger partial charge in [0.25, 0.3) is 0 Å². The standard InChI is InChI=1S/C19H36N2O4/c1-5-9-10-15(8-4)18(24)20-16(11-12-17(22)23)19(25)21(13-6-2)14-7-3/h15-16H,5-14H2,1-4H3,(H,20,24)(H,22,23)/t15?,16-/m0/s1. The van der Waals surface area contributed by atoms with Crippen molar-refractivity contribution in [2.24, 2.45) is 5.92 Å². The number of hydrogen-bond acceptors (Lipinski definition) is 3. The third-order valence-corrected chi connectivity index (χ3v) is 4.33. The second-order valence-corrected chi connectivity index (χ2v) is 6.57. The predicted octanol–water partition coefficient (Wildman–Crippen LogP) is 3.20. The molecule has 146 valence electrons. The number of carboxylic acid groups (broad SMARTS) is 1. The Kier molecular flexibility index (Phi) is 12.8. The summed E-state index contributed by atoms with van der Waals surface area (Å²) in [6, 6.07) is -0.752. The molecule has 0 aliphatic rings. The molecule has 0 aromatic carbocycles. The maximum absolute atomic E-state index is 12.8. The molecule has 0 aromatic rings. The zero-order valence-electron chi connectivity index (χ0n) is 16.3. The van der Waals surface area contributed by atoms with E-state index in [1.54, 1.807) is 4.90 Å². The van der Waals surface area contributed by atoms with Crippen molar-refractivity contribution >= 4 is 17.8 Å². The fraction of sp³-hybridized carbons (Fsp3) is 0.842. The molecule has 6 heteroatoms. The Morgan fingerprint density at radius 1 is 0.960 bits per heavy atom. The molecule has 2 amide bonds. The first-order valence-corrected chi connectivity index (χ1v) is 9.71. The Hall–Kier alpha value is -1.59. The number of carboxylic acids is 1. The highest BCUT2D eigenvalue weighted by atomic mass is 16.4. The molecule has 25 heavy (non-hydrogen) atoms. The van der Waals surface area contributed by atoms with Crippen LogP contribution in [0.2, 0.25) is 0 Å². The van der Waals surface area contributed by atoms with Gasteiger partial charge in [-0.15, -0.1) is 0 Å². The van der Waals surface area contributed by atoms with Gasteiger partial charge >= 0.3 is 5.97 Å². The topological polar surface area (TPSA) is 86.7 Å². The van der Waals surface area contributed by atoms with Gasteiger partial charge in [0.1, 0.15) is 6.04 Å². The summed E-state index contributed by atoms with van der Waals surface area (Å²) in [5, 5.41) is 11.8. The number of carbonyl (C=O) groups is 3. The van der Waals surface area contributed by atoms with Crippen LogP contribution in [-0.2, 0) is 14.4 Å². The molecule has 0 aromatic heterocycles. The van der Waals surface area contributed by atoms with Gasteiger partial charge in [0.05, 0.1) is 0 Å². The van der Waals surface area contributed by atoms with Crippen LogP contribution in [0, 0.1) is 5.92 Å². The molecule has 0 bridgehead atoms. The number of unbranched alkanes of at least 4 members (excludes halogenated alkanes) is 1. The SMILES string of the molecule is CCCCC(CC)C(=O)N[C@@H](CCC(=O)O)C(=O)N(CCC)CCC. The summed E-state index contributed by atoms with van der Waals surface area (Å²) in [5.74, 6) is -1.37. The number of hydrogen-bond donors (Lipinski definition) is 2. The van der Waals surface area contributed by atoms with Crippen LogP contribution in [0.15, 0.2) is 0 Å². The van der Waals surface area contributed by atoms with Crippen LogP contribution in [0.25, 0.3) is 0 Å². The minimum Gasteiger partial charge on any atom is -0.481 e. The molecule has 0 rings (SSSR count). The van der Waals surface area contributed by atoms with Crippen LogP contribution >= 0.6 is 0 Å². The van der Waals surface area contributed by atoms with Crippen LogP contribution in [0.1, 0.15) is 79.1 Å². The molecule has 2 atom stereocenters. The van der Waals surface area contributed by atoms with Gasteiger partial charge in [0.15, 0.2) is 0 Å². The fourth-order valence-electron chi connectivity index (χ4n) is 2.88. The van der Waals surface area contributed by atoms with Crippen molar-refractivity contribution in [2.45, 2.75) is 85.1 Å².